The van der Waals surface area contributed by atoms with Crippen LogP contribution in [0.4, 0.5) is 5.69 Å². The van der Waals surface area contributed by atoms with Gasteiger partial charge in [0.2, 0.25) is 5.91 Å². The third-order valence-corrected chi connectivity index (χ3v) is 2.72. The molecule has 0 spiro atoms. The minimum Gasteiger partial charge on any atom is -0.395 e. The van der Waals surface area contributed by atoms with Gasteiger partial charge in [0, 0.05) is 17.0 Å². The van der Waals surface area contributed by atoms with E-state index in [2.05, 4.69) is 27.2 Å². The predicted octanol–water partition coefficient (Wildman–Crippen LogP) is 1.30. The molecule has 1 amide bonds. The summed E-state index contributed by atoms with van der Waals surface area (Å²) in [4.78, 5) is 15.7. The minimum absolute atomic E-state index is 0.0123. The van der Waals surface area contributed by atoms with E-state index in [1.54, 1.807) is 18.2 Å². The first kappa shape index (κ1) is 15.0. The molecule has 1 heterocycles. The fraction of sp³-hybridized carbons (Fsp3) is 0.214. The summed E-state index contributed by atoms with van der Waals surface area (Å²) in [5.41, 5.74) is 1.16. The van der Waals surface area contributed by atoms with Gasteiger partial charge in [-0.15, -0.1) is 0 Å². The van der Waals surface area contributed by atoms with Crippen LogP contribution in [0.1, 0.15) is 12.0 Å². The van der Waals surface area contributed by atoms with Crippen molar-refractivity contribution in [2.75, 3.05) is 11.9 Å². The van der Waals surface area contributed by atoms with Gasteiger partial charge in [0.25, 0.3) is 0 Å². The summed E-state index contributed by atoms with van der Waals surface area (Å²) in [5, 5.41) is 15.9. The summed E-state index contributed by atoms with van der Waals surface area (Å²) in [6, 6.07) is 5.02. The number of nitrogens with one attached hydrogen (secondary N) is 1. The lowest BCUT2D eigenvalue weighted by molar-refractivity contribution is -0.116. The van der Waals surface area contributed by atoms with Crippen molar-refractivity contribution in [2.24, 2.45) is 0 Å². The summed E-state index contributed by atoms with van der Waals surface area (Å²) in [5.74, 6) is 5.43. The molecule has 108 valence electrons. The highest BCUT2D eigenvalue weighted by Crippen LogP contribution is 2.20. The van der Waals surface area contributed by atoms with Gasteiger partial charge < -0.3 is 10.4 Å². The molecule has 2 rings (SSSR count). The Morgan fingerprint density at radius 2 is 2.33 bits per heavy atom. The Kier molecular flexibility index (Phi) is 5.32. The van der Waals surface area contributed by atoms with Crippen LogP contribution in [-0.4, -0.2) is 32.4 Å². The molecule has 0 radical (unpaired) electrons. The number of amides is 1. The molecule has 2 aromatic rings. The van der Waals surface area contributed by atoms with E-state index in [4.69, 9.17) is 16.7 Å². The number of benzene rings is 1. The Labute approximate surface area is 126 Å². The molecular formula is C14H13ClN4O2. The van der Waals surface area contributed by atoms with Gasteiger partial charge in [-0.25, -0.2) is 9.67 Å². The number of halogens is 1. The molecule has 1 aromatic heterocycles. The number of nitrogens with zero attached hydrogens (tertiary/aromatic N) is 3. The highest BCUT2D eigenvalue weighted by molar-refractivity contribution is 6.30. The van der Waals surface area contributed by atoms with Crippen LogP contribution in [0.5, 0.6) is 0 Å². The van der Waals surface area contributed by atoms with Crippen molar-refractivity contribution < 1.29 is 9.90 Å². The molecule has 0 saturated heterocycles. The Morgan fingerprint density at radius 1 is 1.48 bits per heavy atom. The Bertz CT molecular complexity index is 674. The minimum atomic E-state index is -0.243. The first-order valence-corrected chi connectivity index (χ1v) is 6.58. The topological polar surface area (TPSA) is 80.0 Å². The van der Waals surface area contributed by atoms with Crippen LogP contribution in [0.3, 0.4) is 0 Å². The second-order valence-corrected chi connectivity index (χ2v) is 4.54. The Morgan fingerprint density at radius 3 is 3.05 bits per heavy atom. The summed E-state index contributed by atoms with van der Waals surface area (Å²) in [6.07, 6.45) is 3.18. The van der Waals surface area contributed by atoms with Gasteiger partial charge >= 0.3 is 0 Å². The maximum atomic E-state index is 11.9. The smallest absolute Gasteiger partial charge is 0.246 e. The van der Waals surface area contributed by atoms with E-state index < -0.39 is 0 Å². The van der Waals surface area contributed by atoms with Crippen LogP contribution in [0.15, 0.2) is 30.9 Å². The van der Waals surface area contributed by atoms with Crippen molar-refractivity contribution in [3.63, 3.8) is 0 Å². The van der Waals surface area contributed by atoms with Gasteiger partial charge in [-0.05, 0) is 18.2 Å². The van der Waals surface area contributed by atoms with Crippen molar-refractivity contribution in [3.8, 4) is 11.8 Å². The number of rotatable bonds is 4. The van der Waals surface area contributed by atoms with Gasteiger partial charge in [-0.3, -0.25) is 4.79 Å². The van der Waals surface area contributed by atoms with Crippen molar-refractivity contribution in [3.05, 3.63) is 41.4 Å². The van der Waals surface area contributed by atoms with E-state index in [-0.39, 0.29) is 19.1 Å². The SMILES string of the molecule is O=C(Cn1cncn1)Nc1ccc(Cl)cc1C#CCCO. The van der Waals surface area contributed by atoms with Crippen LogP contribution < -0.4 is 5.32 Å². The van der Waals surface area contributed by atoms with E-state index in [9.17, 15) is 4.79 Å². The van der Waals surface area contributed by atoms with Crippen LogP contribution in [0.25, 0.3) is 0 Å². The second-order valence-electron chi connectivity index (χ2n) is 4.11. The molecule has 0 saturated carbocycles. The third kappa shape index (κ3) is 4.60. The van der Waals surface area contributed by atoms with Gasteiger partial charge in [0.1, 0.15) is 19.2 Å². The van der Waals surface area contributed by atoms with Crippen molar-refractivity contribution >= 4 is 23.2 Å². The number of aliphatic hydroxyl groups excluding tert-OH is 1. The molecule has 1 aromatic carbocycles. The zero-order chi connectivity index (χ0) is 15.1. The predicted molar refractivity (Wildman–Crippen MR) is 78.7 cm³/mol. The molecule has 0 atom stereocenters. The van der Waals surface area contributed by atoms with E-state index in [0.29, 0.717) is 22.7 Å². The number of hydrogen-bond acceptors (Lipinski definition) is 4. The summed E-state index contributed by atoms with van der Waals surface area (Å²) in [7, 11) is 0. The highest BCUT2D eigenvalue weighted by Gasteiger charge is 2.07. The van der Waals surface area contributed by atoms with Crippen LogP contribution in [0, 0.1) is 11.8 Å². The van der Waals surface area contributed by atoms with Crippen molar-refractivity contribution in [2.45, 2.75) is 13.0 Å². The molecule has 0 aliphatic heterocycles. The molecular weight excluding hydrogens is 292 g/mol. The highest BCUT2D eigenvalue weighted by atomic mass is 35.5. The summed E-state index contributed by atoms with van der Waals surface area (Å²) in [6.45, 7) is 0.0493. The number of anilines is 1. The van der Waals surface area contributed by atoms with Gasteiger partial charge in [0.05, 0.1) is 12.3 Å². The first-order valence-electron chi connectivity index (χ1n) is 6.20. The van der Waals surface area contributed by atoms with E-state index in [1.165, 1.54) is 17.3 Å². The van der Waals surface area contributed by atoms with Crippen LogP contribution in [-0.2, 0) is 11.3 Å². The fourth-order valence-electron chi connectivity index (χ4n) is 1.59. The molecule has 0 fully saturated rings. The molecule has 2 N–H and O–H groups in total. The molecule has 0 unspecified atom stereocenters. The normalized spacial score (nSPS) is 9.81. The lowest BCUT2D eigenvalue weighted by atomic mass is 10.1. The summed E-state index contributed by atoms with van der Waals surface area (Å²) >= 11 is 5.93. The first-order chi connectivity index (χ1) is 10.2. The fourth-order valence-corrected chi connectivity index (χ4v) is 1.77. The second kappa shape index (κ2) is 7.43. The summed E-state index contributed by atoms with van der Waals surface area (Å²) < 4.78 is 1.42. The number of carbonyl (C=O) groups excluding carboxylic acids is 1. The lowest BCUT2D eigenvalue weighted by Gasteiger charge is -2.08. The lowest BCUT2D eigenvalue weighted by Crippen LogP contribution is -2.19. The Balaban J connectivity index is 2.12. The number of carbonyl (C=O) groups is 1. The molecule has 7 heteroatoms. The number of hydrogen-bond donors (Lipinski definition) is 2. The van der Waals surface area contributed by atoms with E-state index in [1.807, 2.05) is 0 Å². The van der Waals surface area contributed by atoms with Gasteiger partial charge in [-0.2, -0.15) is 5.10 Å². The van der Waals surface area contributed by atoms with Gasteiger partial charge in [0.15, 0.2) is 0 Å². The molecule has 0 aliphatic carbocycles. The van der Waals surface area contributed by atoms with Crippen molar-refractivity contribution in [1.29, 1.82) is 0 Å². The zero-order valence-electron chi connectivity index (χ0n) is 11.1. The molecule has 0 aliphatic rings. The number of aliphatic hydroxyl groups is 1. The van der Waals surface area contributed by atoms with E-state index >= 15 is 0 Å². The quantitative estimate of drug-likeness (QED) is 0.835. The average molecular weight is 305 g/mol. The zero-order valence-corrected chi connectivity index (χ0v) is 11.8. The maximum Gasteiger partial charge on any atom is 0.246 e. The van der Waals surface area contributed by atoms with Gasteiger partial charge in [-0.1, -0.05) is 23.4 Å². The van der Waals surface area contributed by atoms with Crippen molar-refractivity contribution in [1.82, 2.24) is 14.8 Å². The average Bonchev–Trinajstić information content (AvgIpc) is 2.95. The van der Waals surface area contributed by atoms with Crippen LogP contribution in [0.2, 0.25) is 5.02 Å². The molecule has 6 nitrogen and oxygen atoms in total. The standard InChI is InChI=1S/C14H13ClN4O2/c15-12-4-5-13(11(7-12)3-1-2-6-20)18-14(21)8-19-10-16-9-17-19/h4-5,7,9-10,20H,2,6,8H2,(H,18,21). The molecule has 21 heavy (non-hydrogen) atoms. The van der Waals surface area contributed by atoms with Crippen LogP contribution >= 0.6 is 11.6 Å². The largest absolute Gasteiger partial charge is 0.395 e. The molecule has 0 bridgehead atoms. The monoisotopic (exact) mass is 304 g/mol. The Hall–Kier alpha value is -2.36. The van der Waals surface area contributed by atoms with E-state index in [0.717, 1.165) is 0 Å². The maximum absolute atomic E-state index is 11.9. The number of aromatic nitrogens is 3. The third-order valence-electron chi connectivity index (χ3n) is 2.49.